The molecule has 33 heavy (non-hydrogen) atoms. The molecule has 5 rings (SSSR count). The molecule has 1 amide bonds. The minimum Gasteiger partial charge on any atom is -0.481 e. The minimum atomic E-state index is -0.894. The number of amides is 1. The van der Waals surface area contributed by atoms with Crippen molar-refractivity contribution in [3.05, 3.63) is 83.9 Å². The Labute approximate surface area is 191 Å². The van der Waals surface area contributed by atoms with E-state index in [9.17, 15) is 19.5 Å². The lowest BCUT2D eigenvalue weighted by Gasteiger charge is -2.40. The molecule has 1 aliphatic carbocycles. The molecule has 3 aromatic carbocycles. The fourth-order valence-electron chi connectivity index (χ4n) is 4.77. The van der Waals surface area contributed by atoms with Gasteiger partial charge < -0.3 is 15.2 Å². The highest BCUT2D eigenvalue weighted by Crippen LogP contribution is 2.48. The van der Waals surface area contributed by atoms with Gasteiger partial charge in [-0.15, -0.1) is 0 Å². The summed E-state index contributed by atoms with van der Waals surface area (Å²) in [6.07, 6.45) is 1.48. The highest BCUT2D eigenvalue weighted by atomic mass is 16.5. The molecule has 0 spiro atoms. The summed E-state index contributed by atoms with van der Waals surface area (Å²) in [4.78, 5) is 36.3. The van der Waals surface area contributed by atoms with Gasteiger partial charge in [-0.3, -0.25) is 14.4 Å². The van der Waals surface area contributed by atoms with Crippen LogP contribution in [0, 0.1) is 11.8 Å². The van der Waals surface area contributed by atoms with Crippen molar-refractivity contribution in [3.8, 4) is 16.9 Å². The Balaban J connectivity index is 1.35. The molecule has 1 heterocycles. The van der Waals surface area contributed by atoms with E-state index in [4.69, 9.17) is 4.74 Å². The number of carboxylic acid groups (broad SMARTS) is 1. The van der Waals surface area contributed by atoms with Gasteiger partial charge in [0.2, 0.25) is 5.91 Å². The van der Waals surface area contributed by atoms with Gasteiger partial charge >= 0.3 is 11.9 Å². The quantitative estimate of drug-likeness (QED) is 0.444. The average molecular weight is 441 g/mol. The fourth-order valence-corrected chi connectivity index (χ4v) is 4.77. The number of carbonyl (C=O) groups excluding carboxylic acids is 2. The predicted octanol–water partition coefficient (Wildman–Crippen LogP) is 4.65. The van der Waals surface area contributed by atoms with Crippen LogP contribution in [0.15, 0.2) is 72.8 Å². The Bertz CT molecular complexity index is 1240. The first kappa shape index (κ1) is 20.9. The van der Waals surface area contributed by atoms with Crippen molar-refractivity contribution in [1.82, 2.24) is 0 Å². The van der Waals surface area contributed by atoms with E-state index < -0.39 is 29.7 Å². The Kier molecular flexibility index (Phi) is 5.42. The van der Waals surface area contributed by atoms with E-state index in [1.807, 2.05) is 60.7 Å². The van der Waals surface area contributed by atoms with Gasteiger partial charge in [-0.25, -0.2) is 0 Å². The Morgan fingerprint density at radius 1 is 0.879 bits per heavy atom. The molecule has 3 aromatic rings. The zero-order chi connectivity index (χ0) is 22.9. The van der Waals surface area contributed by atoms with Crippen molar-refractivity contribution >= 4 is 23.5 Å². The summed E-state index contributed by atoms with van der Waals surface area (Å²) in [5.41, 5.74) is 4.52. The van der Waals surface area contributed by atoms with Gasteiger partial charge in [0.25, 0.3) is 0 Å². The SMILES string of the molecule is O=C1CCc2ccc(-c3cccc(OC(=O)C4CC(C(=O)O)C4c4ccccc4)c3)cc2N1. The van der Waals surface area contributed by atoms with E-state index in [2.05, 4.69) is 5.32 Å². The number of hydrogen-bond acceptors (Lipinski definition) is 4. The van der Waals surface area contributed by atoms with Crippen LogP contribution in [0.4, 0.5) is 5.69 Å². The number of ether oxygens (including phenoxy) is 1. The second-order valence-corrected chi connectivity index (χ2v) is 8.59. The van der Waals surface area contributed by atoms with E-state index in [0.717, 1.165) is 34.4 Å². The van der Waals surface area contributed by atoms with Crippen molar-refractivity contribution < 1.29 is 24.2 Å². The number of carboxylic acids is 1. The molecule has 2 N–H and O–H groups in total. The van der Waals surface area contributed by atoms with E-state index in [-0.39, 0.29) is 12.3 Å². The molecule has 1 fully saturated rings. The van der Waals surface area contributed by atoms with Crippen LogP contribution in [0.25, 0.3) is 11.1 Å². The molecule has 3 atom stereocenters. The summed E-state index contributed by atoms with van der Waals surface area (Å²) >= 11 is 0. The lowest BCUT2D eigenvalue weighted by molar-refractivity contribution is -0.155. The topological polar surface area (TPSA) is 92.7 Å². The number of aliphatic carboxylic acids is 1. The van der Waals surface area contributed by atoms with Crippen LogP contribution >= 0.6 is 0 Å². The van der Waals surface area contributed by atoms with Crippen LogP contribution in [0.3, 0.4) is 0 Å². The third kappa shape index (κ3) is 4.12. The van der Waals surface area contributed by atoms with Gasteiger partial charge in [0, 0.05) is 18.0 Å². The van der Waals surface area contributed by atoms with Gasteiger partial charge in [0.05, 0.1) is 11.8 Å². The van der Waals surface area contributed by atoms with Crippen LogP contribution in [-0.2, 0) is 20.8 Å². The number of fused-ring (bicyclic) bond motifs is 1. The molecule has 3 unspecified atom stereocenters. The highest BCUT2D eigenvalue weighted by Gasteiger charge is 2.50. The Morgan fingerprint density at radius 2 is 1.67 bits per heavy atom. The maximum absolute atomic E-state index is 13.0. The number of aryl methyl sites for hydroxylation is 1. The normalized spacial score (nSPS) is 21.3. The molecule has 1 saturated carbocycles. The number of benzene rings is 3. The summed E-state index contributed by atoms with van der Waals surface area (Å²) in [6.45, 7) is 0. The average Bonchev–Trinajstić information content (AvgIpc) is 2.78. The summed E-state index contributed by atoms with van der Waals surface area (Å²) in [7, 11) is 0. The third-order valence-electron chi connectivity index (χ3n) is 6.57. The fraction of sp³-hybridized carbons (Fsp3) is 0.222. The summed E-state index contributed by atoms with van der Waals surface area (Å²) in [5.74, 6) is -2.40. The maximum atomic E-state index is 13.0. The molecular weight excluding hydrogens is 418 g/mol. The van der Waals surface area contributed by atoms with E-state index in [0.29, 0.717) is 12.2 Å². The number of esters is 1. The second-order valence-electron chi connectivity index (χ2n) is 8.59. The Morgan fingerprint density at radius 3 is 2.45 bits per heavy atom. The molecule has 6 nitrogen and oxygen atoms in total. The number of hydrogen-bond donors (Lipinski definition) is 2. The Hall–Kier alpha value is -3.93. The maximum Gasteiger partial charge on any atom is 0.315 e. The number of anilines is 1. The summed E-state index contributed by atoms with van der Waals surface area (Å²) < 4.78 is 5.69. The largest absolute Gasteiger partial charge is 0.481 e. The zero-order valence-corrected chi connectivity index (χ0v) is 17.9. The first-order valence-corrected chi connectivity index (χ1v) is 11.0. The van der Waals surface area contributed by atoms with Crippen molar-refractivity contribution in [2.45, 2.75) is 25.2 Å². The highest BCUT2D eigenvalue weighted by molar-refractivity contribution is 5.94. The van der Waals surface area contributed by atoms with Crippen molar-refractivity contribution in [3.63, 3.8) is 0 Å². The number of carbonyl (C=O) groups is 3. The molecule has 0 saturated heterocycles. The van der Waals surface area contributed by atoms with Crippen LogP contribution in [0.1, 0.15) is 29.9 Å². The van der Waals surface area contributed by atoms with Gasteiger partial charge in [-0.2, -0.15) is 0 Å². The van der Waals surface area contributed by atoms with Gasteiger partial charge in [-0.05, 0) is 53.3 Å². The standard InChI is InChI=1S/C27H23NO5/c29-24-12-11-16-9-10-19(14-23(16)28-24)18-7-4-8-20(13-18)33-27(32)22-15-21(26(30)31)25(22)17-5-2-1-3-6-17/h1-10,13-14,21-22,25H,11-12,15H2,(H,28,29)(H,30,31). The van der Waals surface area contributed by atoms with Gasteiger partial charge in [0.15, 0.2) is 0 Å². The first-order valence-electron chi connectivity index (χ1n) is 11.0. The first-order chi connectivity index (χ1) is 16.0. The number of rotatable bonds is 5. The van der Waals surface area contributed by atoms with Crippen molar-refractivity contribution in [1.29, 1.82) is 0 Å². The monoisotopic (exact) mass is 441 g/mol. The number of nitrogens with one attached hydrogen (secondary N) is 1. The lowest BCUT2D eigenvalue weighted by Crippen LogP contribution is -2.45. The molecule has 0 radical (unpaired) electrons. The smallest absolute Gasteiger partial charge is 0.315 e. The lowest BCUT2D eigenvalue weighted by atomic mass is 9.62. The van der Waals surface area contributed by atoms with Gasteiger partial charge in [-0.1, -0.05) is 54.6 Å². The molecule has 166 valence electrons. The van der Waals surface area contributed by atoms with E-state index in [1.54, 1.807) is 12.1 Å². The molecule has 2 aliphatic rings. The van der Waals surface area contributed by atoms with Crippen molar-refractivity contribution in [2.24, 2.45) is 11.8 Å². The molecule has 1 aliphatic heterocycles. The van der Waals surface area contributed by atoms with Crippen molar-refractivity contribution in [2.75, 3.05) is 5.32 Å². The van der Waals surface area contributed by atoms with Crippen LogP contribution in [0.5, 0.6) is 5.75 Å². The van der Waals surface area contributed by atoms with Crippen LogP contribution in [0.2, 0.25) is 0 Å². The summed E-state index contributed by atoms with van der Waals surface area (Å²) in [6, 6.07) is 22.4. The predicted molar refractivity (Wildman–Crippen MR) is 123 cm³/mol. The molecule has 6 heteroatoms. The van der Waals surface area contributed by atoms with Crippen LogP contribution in [-0.4, -0.2) is 23.0 Å². The molecular formula is C27H23NO5. The van der Waals surface area contributed by atoms with Gasteiger partial charge in [0.1, 0.15) is 5.75 Å². The third-order valence-corrected chi connectivity index (χ3v) is 6.57. The zero-order valence-electron chi connectivity index (χ0n) is 17.9. The summed E-state index contributed by atoms with van der Waals surface area (Å²) in [5, 5.41) is 12.4. The second kappa shape index (κ2) is 8.54. The molecule has 0 bridgehead atoms. The molecule has 0 aromatic heterocycles. The van der Waals surface area contributed by atoms with E-state index in [1.165, 1.54) is 0 Å². The van der Waals surface area contributed by atoms with Crippen LogP contribution < -0.4 is 10.1 Å². The van der Waals surface area contributed by atoms with E-state index >= 15 is 0 Å². The minimum absolute atomic E-state index is 0.00969.